The van der Waals surface area contributed by atoms with E-state index in [0.717, 1.165) is 23.3 Å². The fourth-order valence-electron chi connectivity index (χ4n) is 4.02. The second-order valence-electron chi connectivity index (χ2n) is 8.49. The molecule has 8 heteroatoms. The first-order valence-corrected chi connectivity index (χ1v) is 12.7. The molecule has 0 bridgehead atoms. The van der Waals surface area contributed by atoms with Crippen LogP contribution in [-0.4, -0.2) is 54.6 Å². The third-order valence-corrected chi connectivity index (χ3v) is 7.07. The second kappa shape index (κ2) is 13.1. The number of benzene rings is 2. The van der Waals surface area contributed by atoms with Crippen molar-refractivity contribution < 1.29 is 18.8 Å². The number of nitrogens with one attached hydrogen (secondary N) is 2. The van der Waals surface area contributed by atoms with E-state index in [2.05, 4.69) is 10.6 Å². The summed E-state index contributed by atoms with van der Waals surface area (Å²) in [5, 5.41) is 5.56. The Morgan fingerprint density at radius 2 is 1.65 bits per heavy atom. The van der Waals surface area contributed by atoms with Gasteiger partial charge in [0.05, 0.1) is 17.7 Å². The lowest BCUT2D eigenvalue weighted by atomic mass is 9.94. The summed E-state index contributed by atoms with van der Waals surface area (Å²) in [5.41, 5.74) is 1.23. The van der Waals surface area contributed by atoms with Gasteiger partial charge in [0, 0.05) is 31.1 Å². The molecule has 0 atom stereocenters. The summed E-state index contributed by atoms with van der Waals surface area (Å²) in [5.74, 6) is -0.417. The molecule has 6 nitrogen and oxygen atoms in total. The topological polar surface area (TPSA) is 78.5 Å². The van der Waals surface area contributed by atoms with Crippen molar-refractivity contribution >= 4 is 29.5 Å². The lowest BCUT2D eigenvalue weighted by Gasteiger charge is -2.31. The van der Waals surface area contributed by atoms with E-state index in [1.165, 1.54) is 43.2 Å². The third kappa shape index (κ3) is 7.87. The van der Waals surface area contributed by atoms with Crippen LogP contribution < -0.4 is 10.6 Å². The first-order valence-electron chi connectivity index (χ1n) is 11.7. The molecule has 3 rings (SSSR count). The Balaban J connectivity index is 1.43. The Morgan fingerprint density at radius 1 is 0.971 bits per heavy atom. The van der Waals surface area contributed by atoms with Gasteiger partial charge in [-0.25, -0.2) is 4.39 Å². The van der Waals surface area contributed by atoms with E-state index in [-0.39, 0.29) is 48.8 Å². The average Bonchev–Trinajstić information content (AvgIpc) is 2.86. The van der Waals surface area contributed by atoms with Crippen LogP contribution in [0.5, 0.6) is 0 Å². The molecule has 0 saturated heterocycles. The van der Waals surface area contributed by atoms with Gasteiger partial charge in [-0.15, -0.1) is 11.8 Å². The highest BCUT2D eigenvalue weighted by Crippen LogP contribution is 2.25. The standard InChI is InChI=1S/C26H32FN3O3S/c1-30(21-7-3-2-4-8-21)25(32)18-34-23-10-6-5-9-22(23)26(33)29-16-15-28-24(31)17-19-11-13-20(27)14-12-19/h5-6,9-14,21H,2-4,7-8,15-18H2,1H3,(H,28,31)(H,29,33). The van der Waals surface area contributed by atoms with Gasteiger partial charge in [-0.1, -0.05) is 43.5 Å². The molecule has 0 heterocycles. The van der Waals surface area contributed by atoms with E-state index in [0.29, 0.717) is 11.6 Å². The van der Waals surface area contributed by atoms with Gasteiger partial charge < -0.3 is 15.5 Å². The van der Waals surface area contributed by atoms with Crippen LogP contribution in [0.1, 0.15) is 48.0 Å². The van der Waals surface area contributed by atoms with Crippen LogP contribution >= 0.6 is 11.8 Å². The average molecular weight is 486 g/mol. The highest BCUT2D eigenvalue weighted by atomic mass is 32.2. The molecule has 0 unspecified atom stereocenters. The van der Waals surface area contributed by atoms with Crippen molar-refractivity contribution in [3.63, 3.8) is 0 Å². The third-order valence-electron chi connectivity index (χ3n) is 6.01. The van der Waals surface area contributed by atoms with Crippen molar-refractivity contribution in [3.8, 4) is 0 Å². The Morgan fingerprint density at radius 3 is 2.38 bits per heavy atom. The molecule has 2 N–H and O–H groups in total. The van der Waals surface area contributed by atoms with Gasteiger partial charge >= 0.3 is 0 Å². The largest absolute Gasteiger partial charge is 0.354 e. The number of hydrogen-bond donors (Lipinski definition) is 2. The summed E-state index contributed by atoms with van der Waals surface area (Å²) in [6.07, 6.45) is 5.86. The Bertz CT molecular complexity index is 978. The fraction of sp³-hybridized carbons (Fsp3) is 0.423. The van der Waals surface area contributed by atoms with Crippen LogP contribution in [0.15, 0.2) is 53.4 Å². The normalized spacial score (nSPS) is 13.8. The number of halogens is 1. The molecular formula is C26H32FN3O3S. The van der Waals surface area contributed by atoms with Gasteiger partial charge in [0.25, 0.3) is 5.91 Å². The highest BCUT2D eigenvalue weighted by molar-refractivity contribution is 8.00. The molecule has 1 aliphatic rings. The molecule has 2 aromatic rings. The van der Waals surface area contributed by atoms with Gasteiger partial charge in [0.1, 0.15) is 5.82 Å². The van der Waals surface area contributed by atoms with Crippen molar-refractivity contribution in [2.24, 2.45) is 0 Å². The number of amides is 3. The molecule has 182 valence electrons. The molecule has 1 aliphatic carbocycles. The van der Waals surface area contributed by atoms with E-state index in [4.69, 9.17) is 0 Å². The van der Waals surface area contributed by atoms with Gasteiger partial charge in [-0.3, -0.25) is 14.4 Å². The zero-order valence-corrected chi connectivity index (χ0v) is 20.3. The van der Waals surface area contributed by atoms with Crippen LogP contribution in [0, 0.1) is 5.82 Å². The molecule has 2 aromatic carbocycles. The van der Waals surface area contributed by atoms with Crippen LogP contribution in [0.4, 0.5) is 4.39 Å². The molecule has 0 aliphatic heterocycles. The zero-order valence-electron chi connectivity index (χ0n) is 19.5. The van der Waals surface area contributed by atoms with E-state index in [1.807, 2.05) is 24.1 Å². The summed E-state index contributed by atoms with van der Waals surface area (Å²) in [6.45, 7) is 0.558. The number of carbonyl (C=O) groups is 3. The number of hydrogen-bond acceptors (Lipinski definition) is 4. The van der Waals surface area contributed by atoms with Crippen LogP contribution in [0.3, 0.4) is 0 Å². The minimum Gasteiger partial charge on any atom is -0.354 e. The van der Waals surface area contributed by atoms with Crippen molar-refractivity contribution in [2.75, 3.05) is 25.9 Å². The molecule has 34 heavy (non-hydrogen) atoms. The maximum Gasteiger partial charge on any atom is 0.252 e. The Hall–Kier alpha value is -2.87. The Kier molecular flexibility index (Phi) is 9.94. The van der Waals surface area contributed by atoms with Crippen molar-refractivity contribution in [3.05, 3.63) is 65.5 Å². The number of rotatable bonds is 10. The maximum atomic E-state index is 13.0. The molecule has 0 aromatic heterocycles. The summed E-state index contributed by atoms with van der Waals surface area (Å²) < 4.78 is 13.0. The van der Waals surface area contributed by atoms with Crippen molar-refractivity contribution in [2.45, 2.75) is 49.5 Å². The van der Waals surface area contributed by atoms with Crippen molar-refractivity contribution in [1.29, 1.82) is 0 Å². The van der Waals surface area contributed by atoms with E-state index in [1.54, 1.807) is 24.3 Å². The van der Waals surface area contributed by atoms with Gasteiger partial charge in [0.2, 0.25) is 11.8 Å². The summed E-state index contributed by atoms with van der Waals surface area (Å²) in [4.78, 5) is 40.0. The highest BCUT2D eigenvalue weighted by Gasteiger charge is 2.22. The van der Waals surface area contributed by atoms with Gasteiger partial charge in [0.15, 0.2) is 0 Å². The van der Waals surface area contributed by atoms with Gasteiger partial charge in [-0.05, 0) is 42.7 Å². The molecule has 0 spiro atoms. The summed E-state index contributed by atoms with van der Waals surface area (Å²) in [6, 6.07) is 13.3. The van der Waals surface area contributed by atoms with Crippen molar-refractivity contribution in [1.82, 2.24) is 15.5 Å². The fourth-order valence-corrected chi connectivity index (χ4v) is 4.99. The Labute approximate surface area is 204 Å². The number of thioether (sulfide) groups is 1. The lowest BCUT2D eigenvalue weighted by Crippen LogP contribution is -2.39. The summed E-state index contributed by atoms with van der Waals surface area (Å²) >= 11 is 1.37. The van der Waals surface area contributed by atoms with Crippen LogP contribution in [-0.2, 0) is 16.0 Å². The monoisotopic (exact) mass is 485 g/mol. The molecule has 3 amide bonds. The van der Waals surface area contributed by atoms with E-state index in [9.17, 15) is 18.8 Å². The quantitative estimate of drug-likeness (QED) is 0.396. The van der Waals surface area contributed by atoms with Crippen LogP contribution in [0.2, 0.25) is 0 Å². The van der Waals surface area contributed by atoms with E-state index >= 15 is 0 Å². The smallest absolute Gasteiger partial charge is 0.252 e. The predicted octanol–water partition coefficient (Wildman–Crippen LogP) is 3.80. The summed E-state index contributed by atoms with van der Waals surface area (Å²) in [7, 11) is 1.88. The van der Waals surface area contributed by atoms with E-state index < -0.39 is 0 Å². The molecule has 1 fully saturated rings. The van der Waals surface area contributed by atoms with Gasteiger partial charge in [-0.2, -0.15) is 0 Å². The molecule has 1 saturated carbocycles. The SMILES string of the molecule is CN(C(=O)CSc1ccccc1C(=O)NCCNC(=O)Cc1ccc(F)cc1)C1CCCCC1. The molecular weight excluding hydrogens is 453 g/mol. The molecule has 0 radical (unpaired) electrons. The van der Waals surface area contributed by atoms with Crippen LogP contribution in [0.25, 0.3) is 0 Å². The first kappa shape index (κ1) is 25.7. The minimum atomic E-state index is -0.342. The second-order valence-corrected chi connectivity index (χ2v) is 9.51. The zero-order chi connectivity index (χ0) is 24.3. The maximum absolute atomic E-state index is 13.0. The lowest BCUT2D eigenvalue weighted by molar-refractivity contribution is -0.129. The number of carbonyl (C=O) groups excluding carboxylic acids is 3. The minimum absolute atomic E-state index is 0.0796. The predicted molar refractivity (Wildman–Crippen MR) is 132 cm³/mol. The first-order chi connectivity index (χ1) is 16.4. The number of nitrogens with zero attached hydrogens (tertiary/aromatic N) is 1.